The van der Waals surface area contributed by atoms with Crippen LogP contribution in [0.1, 0.15) is 17.3 Å². The van der Waals surface area contributed by atoms with E-state index in [1.165, 1.54) is 32.7 Å². The number of hydrogen-bond donors (Lipinski definition) is 1. The third-order valence-electron chi connectivity index (χ3n) is 2.53. The molecule has 19 heavy (non-hydrogen) atoms. The van der Waals surface area contributed by atoms with Gasteiger partial charge in [-0.3, -0.25) is 4.98 Å². The van der Waals surface area contributed by atoms with Crippen molar-refractivity contribution in [2.24, 2.45) is 5.73 Å². The standard InChI is InChI=1S/C12H13FN4O2/c1-18-9-6-16-11(12(17-9)19-2)10(14)7-3-8(13)5-15-4-7/h3-6,10H,14H2,1-2H3. The van der Waals surface area contributed by atoms with E-state index in [1.54, 1.807) is 0 Å². The topological polar surface area (TPSA) is 83.2 Å². The Labute approximate surface area is 109 Å². The van der Waals surface area contributed by atoms with E-state index in [9.17, 15) is 4.39 Å². The number of rotatable bonds is 4. The maximum atomic E-state index is 13.1. The highest BCUT2D eigenvalue weighted by Gasteiger charge is 2.18. The van der Waals surface area contributed by atoms with Gasteiger partial charge in [0.15, 0.2) is 0 Å². The average molecular weight is 264 g/mol. The number of nitrogens with two attached hydrogens (primary N) is 1. The summed E-state index contributed by atoms with van der Waals surface area (Å²) in [6, 6.07) is 0.611. The Morgan fingerprint density at radius 2 is 2.00 bits per heavy atom. The van der Waals surface area contributed by atoms with Gasteiger partial charge in [0.2, 0.25) is 11.8 Å². The maximum absolute atomic E-state index is 13.1. The van der Waals surface area contributed by atoms with Gasteiger partial charge in [-0.05, 0) is 11.6 Å². The Bertz CT molecular complexity index is 579. The van der Waals surface area contributed by atoms with E-state index in [1.807, 2.05) is 0 Å². The summed E-state index contributed by atoms with van der Waals surface area (Å²) >= 11 is 0. The zero-order valence-electron chi connectivity index (χ0n) is 10.5. The molecule has 0 fully saturated rings. The van der Waals surface area contributed by atoms with Crippen molar-refractivity contribution >= 4 is 0 Å². The van der Waals surface area contributed by atoms with Crippen LogP contribution in [0.5, 0.6) is 11.8 Å². The molecule has 0 bridgehead atoms. The van der Waals surface area contributed by atoms with Crippen LogP contribution < -0.4 is 15.2 Å². The van der Waals surface area contributed by atoms with E-state index >= 15 is 0 Å². The van der Waals surface area contributed by atoms with E-state index in [4.69, 9.17) is 15.2 Å². The van der Waals surface area contributed by atoms with E-state index in [2.05, 4.69) is 15.0 Å². The molecule has 1 atom stereocenters. The second-order valence-corrected chi connectivity index (χ2v) is 3.72. The van der Waals surface area contributed by atoms with Crippen LogP contribution >= 0.6 is 0 Å². The van der Waals surface area contributed by atoms with Crippen molar-refractivity contribution in [1.29, 1.82) is 0 Å². The highest BCUT2D eigenvalue weighted by Crippen LogP contribution is 2.26. The summed E-state index contributed by atoms with van der Waals surface area (Å²) in [5.41, 5.74) is 6.89. The van der Waals surface area contributed by atoms with Crippen molar-refractivity contribution in [1.82, 2.24) is 15.0 Å². The molecule has 0 aromatic carbocycles. The Morgan fingerprint density at radius 1 is 1.21 bits per heavy atom. The van der Waals surface area contributed by atoms with Gasteiger partial charge in [-0.1, -0.05) is 0 Å². The molecule has 0 spiro atoms. The Morgan fingerprint density at radius 3 is 2.63 bits per heavy atom. The Balaban J connectivity index is 2.40. The van der Waals surface area contributed by atoms with Gasteiger partial charge in [0.05, 0.1) is 32.7 Å². The third kappa shape index (κ3) is 2.76. The normalized spacial score (nSPS) is 12.0. The fourth-order valence-electron chi connectivity index (χ4n) is 1.58. The van der Waals surface area contributed by atoms with Crippen molar-refractivity contribution in [3.8, 4) is 11.8 Å². The van der Waals surface area contributed by atoms with Gasteiger partial charge in [-0.25, -0.2) is 9.37 Å². The molecule has 0 amide bonds. The van der Waals surface area contributed by atoms with Crippen LogP contribution in [-0.4, -0.2) is 29.2 Å². The van der Waals surface area contributed by atoms with Crippen molar-refractivity contribution in [3.63, 3.8) is 0 Å². The van der Waals surface area contributed by atoms with E-state index in [0.29, 0.717) is 17.1 Å². The molecule has 2 heterocycles. The monoisotopic (exact) mass is 264 g/mol. The molecule has 0 aliphatic rings. The quantitative estimate of drug-likeness (QED) is 0.889. The van der Waals surface area contributed by atoms with Crippen LogP contribution in [0, 0.1) is 5.82 Å². The smallest absolute Gasteiger partial charge is 0.240 e. The van der Waals surface area contributed by atoms with Crippen LogP contribution in [0.2, 0.25) is 0 Å². The fourth-order valence-corrected chi connectivity index (χ4v) is 1.58. The molecule has 0 aliphatic heterocycles. The van der Waals surface area contributed by atoms with Crippen LogP contribution in [0.15, 0.2) is 24.7 Å². The lowest BCUT2D eigenvalue weighted by Gasteiger charge is -2.14. The largest absolute Gasteiger partial charge is 0.480 e. The molecule has 0 saturated carbocycles. The van der Waals surface area contributed by atoms with E-state index < -0.39 is 11.9 Å². The highest BCUT2D eigenvalue weighted by atomic mass is 19.1. The average Bonchev–Trinajstić information content (AvgIpc) is 2.45. The summed E-state index contributed by atoms with van der Waals surface area (Å²) < 4.78 is 23.2. The van der Waals surface area contributed by atoms with Crippen LogP contribution in [-0.2, 0) is 0 Å². The lowest BCUT2D eigenvalue weighted by molar-refractivity contribution is 0.355. The number of halogens is 1. The first-order chi connectivity index (χ1) is 9.15. The number of hydrogen-bond acceptors (Lipinski definition) is 6. The maximum Gasteiger partial charge on any atom is 0.240 e. The molecular weight excluding hydrogens is 251 g/mol. The molecule has 100 valence electrons. The molecule has 2 aromatic heterocycles. The van der Waals surface area contributed by atoms with Gasteiger partial charge >= 0.3 is 0 Å². The minimum Gasteiger partial charge on any atom is -0.480 e. The molecule has 0 saturated heterocycles. The first kappa shape index (κ1) is 13.2. The van der Waals surface area contributed by atoms with Crippen LogP contribution in [0.3, 0.4) is 0 Å². The van der Waals surface area contributed by atoms with E-state index in [0.717, 1.165) is 6.20 Å². The molecule has 0 radical (unpaired) electrons. The van der Waals surface area contributed by atoms with Gasteiger partial charge in [0, 0.05) is 6.20 Å². The second kappa shape index (κ2) is 5.57. The first-order valence-corrected chi connectivity index (χ1v) is 5.46. The van der Waals surface area contributed by atoms with Crippen molar-refractivity contribution in [2.45, 2.75) is 6.04 Å². The summed E-state index contributed by atoms with van der Waals surface area (Å²) in [7, 11) is 2.92. The lowest BCUT2D eigenvalue weighted by Crippen LogP contribution is -2.16. The lowest BCUT2D eigenvalue weighted by atomic mass is 10.1. The summed E-state index contributed by atoms with van der Waals surface area (Å²) in [5, 5.41) is 0. The summed E-state index contributed by atoms with van der Waals surface area (Å²) in [6.45, 7) is 0. The van der Waals surface area contributed by atoms with Crippen molar-refractivity contribution < 1.29 is 13.9 Å². The molecule has 0 aliphatic carbocycles. The molecule has 2 rings (SSSR count). The van der Waals surface area contributed by atoms with Crippen LogP contribution in [0.25, 0.3) is 0 Å². The highest BCUT2D eigenvalue weighted by molar-refractivity contribution is 5.32. The minimum absolute atomic E-state index is 0.233. The van der Waals surface area contributed by atoms with Gasteiger partial charge < -0.3 is 15.2 Å². The predicted molar refractivity (Wildman–Crippen MR) is 65.4 cm³/mol. The summed E-state index contributed by atoms with van der Waals surface area (Å²) in [4.78, 5) is 12.0. The zero-order chi connectivity index (χ0) is 13.8. The van der Waals surface area contributed by atoms with Crippen LogP contribution in [0.4, 0.5) is 4.39 Å². The minimum atomic E-state index is -0.684. The molecule has 6 nitrogen and oxygen atoms in total. The SMILES string of the molecule is COc1cnc(C(N)c2cncc(F)c2)c(OC)n1. The van der Waals surface area contributed by atoms with Gasteiger partial charge in [-0.2, -0.15) is 4.98 Å². The fraction of sp³-hybridized carbons (Fsp3) is 0.250. The van der Waals surface area contributed by atoms with Gasteiger partial charge in [0.1, 0.15) is 11.5 Å². The van der Waals surface area contributed by atoms with Gasteiger partial charge in [-0.15, -0.1) is 0 Å². The molecule has 2 N–H and O–H groups in total. The molecule has 2 aromatic rings. The molecular formula is C12H13FN4O2. The second-order valence-electron chi connectivity index (χ2n) is 3.72. The number of pyridine rings is 1. The van der Waals surface area contributed by atoms with Gasteiger partial charge in [0.25, 0.3) is 0 Å². The zero-order valence-corrected chi connectivity index (χ0v) is 10.5. The Kier molecular flexibility index (Phi) is 3.86. The summed E-state index contributed by atoms with van der Waals surface area (Å²) in [6.07, 6.45) is 4.00. The summed E-state index contributed by atoms with van der Waals surface area (Å²) in [5.74, 6) is 0.0784. The van der Waals surface area contributed by atoms with Crippen molar-refractivity contribution in [2.75, 3.05) is 14.2 Å². The van der Waals surface area contributed by atoms with E-state index in [-0.39, 0.29) is 5.88 Å². The van der Waals surface area contributed by atoms with Crippen molar-refractivity contribution in [3.05, 3.63) is 41.7 Å². The number of ether oxygens (including phenoxy) is 2. The number of methoxy groups -OCH3 is 2. The Hall–Kier alpha value is -2.28. The third-order valence-corrected chi connectivity index (χ3v) is 2.53. The molecule has 1 unspecified atom stereocenters. The predicted octanol–water partition coefficient (Wildman–Crippen LogP) is 1.08. The first-order valence-electron chi connectivity index (χ1n) is 5.46. The number of aromatic nitrogens is 3. The molecule has 7 heteroatoms. The number of nitrogens with zero attached hydrogens (tertiary/aromatic N) is 3.